The fraction of sp³-hybridized carbons (Fsp3) is 0.875. The van der Waals surface area contributed by atoms with Crippen LogP contribution in [-0.4, -0.2) is 31.5 Å². The molecule has 12 heavy (non-hydrogen) atoms. The highest BCUT2D eigenvalue weighted by atomic mass is 19.1. The van der Waals surface area contributed by atoms with Crippen molar-refractivity contribution in [3.05, 3.63) is 0 Å². The molecule has 4 heteroatoms. The van der Waals surface area contributed by atoms with Crippen molar-refractivity contribution in [2.24, 2.45) is 5.92 Å². The van der Waals surface area contributed by atoms with Gasteiger partial charge in [0.15, 0.2) is 0 Å². The molecule has 1 aliphatic carbocycles. The van der Waals surface area contributed by atoms with Crippen molar-refractivity contribution in [1.82, 2.24) is 0 Å². The first-order valence-electron chi connectivity index (χ1n) is 4.11. The van der Waals surface area contributed by atoms with Crippen LogP contribution >= 0.6 is 0 Å². The van der Waals surface area contributed by atoms with Crippen LogP contribution in [-0.2, 0) is 14.3 Å². The van der Waals surface area contributed by atoms with Gasteiger partial charge in [0.2, 0.25) is 6.17 Å². The molecule has 2 rings (SSSR count). The molecule has 1 saturated heterocycles. The highest BCUT2D eigenvalue weighted by Crippen LogP contribution is 2.45. The maximum atomic E-state index is 13.2. The number of epoxide rings is 1. The van der Waals surface area contributed by atoms with Crippen LogP contribution in [0.2, 0.25) is 0 Å². The normalized spacial score (nSPS) is 40.3. The van der Waals surface area contributed by atoms with E-state index in [1.165, 1.54) is 7.11 Å². The van der Waals surface area contributed by atoms with Crippen LogP contribution in [0.4, 0.5) is 4.39 Å². The van der Waals surface area contributed by atoms with Gasteiger partial charge in [0.25, 0.3) is 0 Å². The maximum absolute atomic E-state index is 13.2. The van der Waals surface area contributed by atoms with Crippen LogP contribution in [0.5, 0.6) is 0 Å². The molecule has 2 fully saturated rings. The quantitative estimate of drug-likeness (QED) is 0.456. The van der Waals surface area contributed by atoms with Crippen molar-refractivity contribution < 1.29 is 18.7 Å². The Hall–Kier alpha value is -0.640. The first kappa shape index (κ1) is 7.98. The number of fused-ring (bicyclic) bond motifs is 1. The van der Waals surface area contributed by atoms with Crippen molar-refractivity contribution in [2.45, 2.75) is 31.2 Å². The summed E-state index contributed by atoms with van der Waals surface area (Å²) < 4.78 is 22.7. The topological polar surface area (TPSA) is 38.8 Å². The zero-order valence-corrected chi connectivity index (χ0v) is 6.83. The lowest BCUT2D eigenvalue weighted by atomic mass is 10.0. The largest absolute Gasteiger partial charge is 0.467 e. The minimum absolute atomic E-state index is 0.0147. The van der Waals surface area contributed by atoms with Gasteiger partial charge in [-0.25, -0.2) is 9.18 Å². The Labute approximate surface area is 69.8 Å². The number of esters is 1. The van der Waals surface area contributed by atoms with Crippen molar-refractivity contribution in [2.75, 3.05) is 7.11 Å². The molecule has 3 nitrogen and oxygen atoms in total. The number of alkyl halides is 1. The summed E-state index contributed by atoms with van der Waals surface area (Å²) >= 11 is 0. The molecule has 0 amide bonds. The van der Waals surface area contributed by atoms with E-state index in [9.17, 15) is 9.18 Å². The molecule has 0 aromatic carbocycles. The smallest absolute Gasteiger partial charge is 0.340 e. The average molecular weight is 174 g/mol. The second kappa shape index (κ2) is 2.69. The number of ether oxygens (including phenoxy) is 2. The van der Waals surface area contributed by atoms with Gasteiger partial charge in [-0.1, -0.05) is 0 Å². The molecule has 0 N–H and O–H groups in total. The van der Waals surface area contributed by atoms with E-state index >= 15 is 0 Å². The third-order valence-corrected chi connectivity index (χ3v) is 2.63. The molecule has 0 radical (unpaired) electrons. The van der Waals surface area contributed by atoms with Gasteiger partial charge in [-0.3, -0.25) is 0 Å². The third kappa shape index (κ3) is 1.10. The molecule has 0 aromatic heterocycles. The molecule has 4 unspecified atom stereocenters. The lowest BCUT2D eigenvalue weighted by Gasteiger charge is -2.13. The highest BCUT2D eigenvalue weighted by molar-refractivity contribution is 5.75. The maximum Gasteiger partial charge on any atom is 0.340 e. The molecule has 1 aliphatic heterocycles. The minimum Gasteiger partial charge on any atom is -0.467 e. The minimum atomic E-state index is -1.49. The Morgan fingerprint density at radius 1 is 1.67 bits per heavy atom. The number of methoxy groups -OCH3 is 1. The monoisotopic (exact) mass is 174 g/mol. The summed E-state index contributed by atoms with van der Waals surface area (Å²) in [5.41, 5.74) is 0. The summed E-state index contributed by atoms with van der Waals surface area (Å²) in [5.74, 6) is -1.03. The van der Waals surface area contributed by atoms with Crippen LogP contribution in [0.1, 0.15) is 12.8 Å². The summed E-state index contributed by atoms with van der Waals surface area (Å²) in [6, 6.07) is 0. The highest BCUT2D eigenvalue weighted by Gasteiger charge is 2.54. The third-order valence-electron chi connectivity index (χ3n) is 2.63. The van der Waals surface area contributed by atoms with E-state index in [0.29, 0.717) is 0 Å². The van der Waals surface area contributed by atoms with E-state index in [-0.39, 0.29) is 18.1 Å². The van der Waals surface area contributed by atoms with Gasteiger partial charge in [0.05, 0.1) is 19.3 Å². The molecule has 1 heterocycles. The Balaban J connectivity index is 1.95. The van der Waals surface area contributed by atoms with Gasteiger partial charge in [-0.15, -0.1) is 0 Å². The molecule has 1 saturated carbocycles. The van der Waals surface area contributed by atoms with Crippen LogP contribution in [0.3, 0.4) is 0 Å². The molecule has 0 bridgehead atoms. The first-order valence-corrected chi connectivity index (χ1v) is 4.11. The van der Waals surface area contributed by atoms with Crippen LogP contribution < -0.4 is 0 Å². The van der Waals surface area contributed by atoms with Gasteiger partial charge < -0.3 is 9.47 Å². The van der Waals surface area contributed by atoms with Crippen molar-refractivity contribution >= 4 is 5.97 Å². The van der Waals surface area contributed by atoms with E-state index in [1.807, 2.05) is 0 Å². The predicted octanol–water partition coefficient (Wildman–Crippen LogP) is 0.675. The molecular weight excluding hydrogens is 163 g/mol. The van der Waals surface area contributed by atoms with Gasteiger partial charge in [0.1, 0.15) is 0 Å². The number of rotatable bonds is 2. The SMILES string of the molecule is COC(=O)C(F)C1CCC2OC21. The van der Waals surface area contributed by atoms with Crippen molar-refractivity contribution in [3.8, 4) is 0 Å². The van der Waals surface area contributed by atoms with E-state index < -0.39 is 12.1 Å². The number of halogens is 1. The fourth-order valence-corrected chi connectivity index (χ4v) is 1.89. The Morgan fingerprint density at radius 3 is 2.83 bits per heavy atom. The Bertz CT molecular complexity index is 206. The van der Waals surface area contributed by atoms with Crippen LogP contribution in [0.15, 0.2) is 0 Å². The summed E-state index contributed by atoms with van der Waals surface area (Å²) in [6.07, 6.45) is 0.336. The van der Waals surface area contributed by atoms with Gasteiger partial charge in [-0.05, 0) is 12.8 Å². The summed E-state index contributed by atoms with van der Waals surface area (Å²) in [6.45, 7) is 0. The zero-order valence-electron chi connectivity index (χ0n) is 6.83. The number of carbonyl (C=O) groups is 1. The average Bonchev–Trinajstić information content (AvgIpc) is 2.76. The molecule has 0 aromatic rings. The molecule has 0 spiro atoms. The van der Waals surface area contributed by atoms with Gasteiger partial charge >= 0.3 is 5.97 Å². The zero-order chi connectivity index (χ0) is 8.72. The van der Waals surface area contributed by atoms with E-state index in [0.717, 1.165) is 12.8 Å². The van der Waals surface area contributed by atoms with E-state index in [2.05, 4.69) is 4.74 Å². The lowest BCUT2D eigenvalue weighted by Crippen LogP contribution is -2.28. The fourth-order valence-electron chi connectivity index (χ4n) is 1.89. The molecule has 2 aliphatic rings. The molecular formula is C8H11FO3. The second-order valence-electron chi connectivity index (χ2n) is 3.31. The van der Waals surface area contributed by atoms with Crippen molar-refractivity contribution in [3.63, 3.8) is 0 Å². The summed E-state index contributed by atoms with van der Waals surface area (Å²) in [7, 11) is 1.20. The first-order chi connectivity index (χ1) is 5.74. The Morgan fingerprint density at radius 2 is 2.42 bits per heavy atom. The molecule has 68 valence electrons. The number of hydrogen-bond acceptors (Lipinski definition) is 3. The second-order valence-corrected chi connectivity index (χ2v) is 3.31. The van der Waals surface area contributed by atoms with Gasteiger partial charge in [0, 0.05) is 5.92 Å². The number of carbonyl (C=O) groups excluding carboxylic acids is 1. The van der Waals surface area contributed by atoms with E-state index in [4.69, 9.17) is 4.74 Å². The Kier molecular flexibility index (Phi) is 1.79. The van der Waals surface area contributed by atoms with E-state index in [1.54, 1.807) is 0 Å². The van der Waals surface area contributed by atoms with Crippen molar-refractivity contribution in [1.29, 1.82) is 0 Å². The standard InChI is InChI=1S/C8H11FO3/c1-11-8(10)6(9)4-2-3-5-7(4)12-5/h4-7H,2-3H2,1H3. The number of hydrogen-bond donors (Lipinski definition) is 0. The predicted molar refractivity (Wildman–Crippen MR) is 38.3 cm³/mol. The lowest BCUT2D eigenvalue weighted by molar-refractivity contribution is -0.149. The van der Waals surface area contributed by atoms with Gasteiger partial charge in [-0.2, -0.15) is 0 Å². The molecule has 4 atom stereocenters. The summed E-state index contributed by atoms with van der Waals surface area (Å²) in [4.78, 5) is 10.8. The van der Waals surface area contributed by atoms with Crippen LogP contribution in [0, 0.1) is 5.92 Å². The van der Waals surface area contributed by atoms with Crippen LogP contribution in [0.25, 0.3) is 0 Å². The summed E-state index contributed by atoms with van der Waals surface area (Å²) in [5, 5.41) is 0.